The van der Waals surface area contributed by atoms with E-state index < -0.39 is 5.92 Å². The van der Waals surface area contributed by atoms with Crippen LogP contribution in [0.3, 0.4) is 0 Å². The highest BCUT2D eigenvalue weighted by Crippen LogP contribution is 2.22. The van der Waals surface area contributed by atoms with Gasteiger partial charge in [-0.2, -0.15) is 0 Å². The normalized spacial score (nSPS) is 17.8. The van der Waals surface area contributed by atoms with Crippen LogP contribution in [-0.2, 0) is 16.1 Å². The van der Waals surface area contributed by atoms with Crippen LogP contribution in [0.5, 0.6) is 0 Å². The molecule has 3 rings (SSSR count). The van der Waals surface area contributed by atoms with Crippen molar-refractivity contribution in [3.8, 4) is 0 Å². The highest BCUT2D eigenvalue weighted by Gasteiger charge is 2.36. The predicted octanol–water partition coefficient (Wildman–Crippen LogP) is 2.88. The van der Waals surface area contributed by atoms with Crippen LogP contribution in [0.4, 0.5) is 0 Å². The lowest BCUT2D eigenvalue weighted by molar-refractivity contribution is -0.146. The van der Waals surface area contributed by atoms with Crippen molar-refractivity contribution in [2.24, 2.45) is 5.92 Å². The minimum atomic E-state index is -0.852. The van der Waals surface area contributed by atoms with Gasteiger partial charge in [0.1, 0.15) is 11.7 Å². The van der Waals surface area contributed by atoms with Crippen LogP contribution >= 0.6 is 0 Å². The second-order valence-corrected chi connectivity index (χ2v) is 6.01. The van der Waals surface area contributed by atoms with Gasteiger partial charge in [-0.25, -0.2) is 0 Å². The van der Waals surface area contributed by atoms with Crippen LogP contribution in [0.2, 0.25) is 0 Å². The molecule has 4 heteroatoms. The van der Waals surface area contributed by atoms with Crippen molar-refractivity contribution < 1.29 is 14.4 Å². The quantitative estimate of drug-likeness (QED) is 0.628. The van der Waals surface area contributed by atoms with Crippen molar-refractivity contribution in [3.05, 3.63) is 71.8 Å². The molecule has 1 heterocycles. The first kappa shape index (κ1) is 16.1. The molecule has 1 amide bonds. The molecule has 2 aromatic rings. The van der Waals surface area contributed by atoms with E-state index in [0.29, 0.717) is 25.1 Å². The molecular formula is C20H19NO3. The van der Waals surface area contributed by atoms with E-state index in [-0.39, 0.29) is 23.9 Å². The van der Waals surface area contributed by atoms with Gasteiger partial charge in [0.05, 0.1) is 0 Å². The zero-order valence-corrected chi connectivity index (χ0v) is 13.4. The van der Waals surface area contributed by atoms with Crippen molar-refractivity contribution in [2.75, 3.05) is 6.54 Å². The summed E-state index contributed by atoms with van der Waals surface area (Å²) in [6.07, 6.45) is 0.262. The van der Waals surface area contributed by atoms with Gasteiger partial charge in [0, 0.05) is 31.5 Å². The molecule has 24 heavy (non-hydrogen) atoms. The maximum Gasteiger partial charge on any atom is 0.233 e. The van der Waals surface area contributed by atoms with Crippen molar-refractivity contribution >= 4 is 17.5 Å². The number of ketones is 2. The van der Waals surface area contributed by atoms with Gasteiger partial charge in [0.2, 0.25) is 5.91 Å². The number of carbonyl (C=O) groups is 3. The summed E-state index contributed by atoms with van der Waals surface area (Å²) in [5, 5.41) is 0. The number of Topliss-reactive ketones (excluding diaryl/α,β-unsaturated/α-hetero) is 2. The molecule has 1 aliphatic rings. The van der Waals surface area contributed by atoms with E-state index in [1.807, 2.05) is 36.4 Å². The largest absolute Gasteiger partial charge is 0.337 e. The fraction of sp³-hybridized carbons (Fsp3) is 0.250. The fourth-order valence-electron chi connectivity index (χ4n) is 2.98. The Labute approximate surface area is 141 Å². The summed E-state index contributed by atoms with van der Waals surface area (Å²) in [7, 11) is 0. The number of carbonyl (C=O) groups excluding carboxylic acids is 3. The maximum atomic E-state index is 12.7. The molecule has 122 valence electrons. The fourth-order valence-corrected chi connectivity index (χ4v) is 2.98. The zero-order chi connectivity index (χ0) is 16.9. The monoisotopic (exact) mass is 321 g/mol. The minimum absolute atomic E-state index is 0.0486. The van der Waals surface area contributed by atoms with E-state index in [9.17, 15) is 14.4 Å². The summed E-state index contributed by atoms with van der Waals surface area (Å²) in [5.41, 5.74) is 1.56. The number of likely N-dealkylation sites (tertiary alicyclic amines) is 1. The second kappa shape index (κ2) is 7.21. The molecule has 0 aliphatic carbocycles. The highest BCUT2D eigenvalue weighted by atomic mass is 16.2. The standard InChI is InChI=1S/C20H19NO3/c22-18-11-12-21(14-15-7-3-1-4-8-15)20(24)17(18)13-19(23)16-9-5-2-6-10-16/h1-10,17H,11-14H2. The zero-order valence-electron chi connectivity index (χ0n) is 13.4. The smallest absolute Gasteiger partial charge is 0.233 e. The average Bonchev–Trinajstić information content (AvgIpc) is 2.62. The minimum Gasteiger partial charge on any atom is -0.337 e. The van der Waals surface area contributed by atoms with Crippen LogP contribution in [0, 0.1) is 5.92 Å². The molecule has 1 fully saturated rings. The summed E-state index contributed by atoms with van der Waals surface area (Å²) >= 11 is 0. The number of nitrogens with zero attached hydrogens (tertiary/aromatic N) is 1. The molecule has 0 bridgehead atoms. The van der Waals surface area contributed by atoms with Crippen molar-refractivity contribution in [2.45, 2.75) is 19.4 Å². The molecular weight excluding hydrogens is 302 g/mol. The van der Waals surface area contributed by atoms with E-state index in [1.165, 1.54) is 0 Å². The molecule has 2 aromatic carbocycles. The SMILES string of the molecule is O=C(CC1C(=O)CCN(Cc2ccccc2)C1=O)c1ccccc1. The molecule has 0 saturated carbocycles. The van der Waals surface area contributed by atoms with Crippen LogP contribution < -0.4 is 0 Å². The lowest BCUT2D eigenvalue weighted by Gasteiger charge is -2.31. The number of benzene rings is 2. The Bertz CT molecular complexity index is 740. The van der Waals surface area contributed by atoms with Crippen LogP contribution in [-0.4, -0.2) is 28.9 Å². The van der Waals surface area contributed by atoms with Crippen molar-refractivity contribution in [1.82, 2.24) is 4.90 Å². The Kier molecular flexibility index (Phi) is 4.85. The molecule has 1 unspecified atom stereocenters. The Balaban J connectivity index is 1.71. The third kappa shape index (κ3) is 3.59. The third-order valence-electron chi connectivity index (χ3n) is 4.33. The summed E-state index contributed by atoms with van der Waals surface area (Å²) in [6, 6.07) is 18.5. The van der Waals surface area contributed by atoms with Crippen LogP contribution in [0.25, 0.3) is 0 Å². The van der Waals surface area contributed by atoms with E-state index in [2.05, 4.69) is 0 Å². The highest BCUT2D eigenvalue weighted by molar-refractivity contribution is 6.08. The lowest BCUT2D eigenvalue weighted by atomic mass is 9.88. The maximum absolute atomic E-state index is 12.7. The molecule has 1 saturated heterocycles. The number of rotatable bonds is 5. The first-order chi connectivity index (χ1) is 11.6. The van der Waals surface area contributed by atoms with Crippen LogP contribution in [0.1, 0.15) is 28.8 Å². The van der Waals surface area contributed by atoms with E-state index in [1.54, 1.807) is 29.2 Å². The van der Waals surface area contributed by atoms with Crippen molar-refractivity contribution in [3.63, 3.8) is 0 Å². The van der Waals surface area contributed by atoms with Gasteiger partial charge in [-0.3, -0.25) is 14.4 Å². The molecule has 0 radical (unpaired) electrons. The molecule has 4 nitrogen and oxygen atoms in total. The molecule has 0 spiro atoms. The molecule has 1 atom stereocenters. The van der Waals surface area contributed by atoms with E-state index in [0.717, 1.165) is 5.56 Å². The average molecular weight is 321 g/mol. The Hall–Kier alpha value is -2.75. The Morgan fingerprint density at radius 3 is 2.25 bits per heavy atom. The van der Waals surface area contributed by atoms with Gasteiger partial charge in [-0.05, 0) is 5.56 Å². The second-order valence-electron chi connectivity index (χ2n) is 6.01. The summed E-state index contributed by atoms with van der Waals surface area (Å²) < 4.78 is 0. The van der Waals surface area contributed by atoms with E-state index in [4.69, 9.17) is 0 Å². The van der Waals surface area contributed by atoms with Gasteiger partial charge < -0.3 is 4.90 Å². The van der Waals surface area contributed by atoms with Gasteiger partial charge in [-0.15, -0.1) is 0 Å². The number of hydrogen-bond donors (Lipinski definition) is 0. The first-order valence-corrected chi connectivity index (χ1v) is 8.09. The summed E-state index contributed by atoms with van der Waals surface area (Å²) in [5.74, 6) is -1.38. The third-order valence-corrected chi connectivity index (χ3v) is 4.33. The Morgan fingerprint density at radius 1 is 0.958 bits per heavy atom. The lowest BCUT2D eigenvalue weighted by Crippen LogP contribution is -2.46. The topological polar surface area (TPSA) is 54.5 Å². The molecule has 0 N–H and O–H groups in total. The Morgan fingerprint density at radius 2 is 1.58 bits per heavy atom. The summed E-state index contributed by atoms with van der Waals surface area (Å²) in [4.78, 5) is 38.9. The first-order valence-electron chi connectivity index (χ1n) is 8.09. The summed E-state index contributed by atoms with van der Waals surface area (Å²) in [6.45, 7) is 0.894. The van der Waals surface area contributed by atoms with Gasteiger partial charge in [-0.1, -0.05) is 60.7 Å². The predicted molar refractivity (Wildman–Crippen MR) is 90.4 cm³/mol. The van der Waals surface area contributed by atoms with Gasteiger partial charge >= 0.3 is 0 Å². The number of amides is 1. The number of hydrogen-bond acceptors (Lipinski definition) is 3. The number of piperidine rings is 1. The van der Waals surface area contributed by atoms with Gasteiger partial charge in [0.25, 0.3) is 0 Å². The molecule has 0 aromatic heterocycles. The van der Waals surface area contributed by atoms with Gasteiger partial charge in [0.15, 0.2) is 5.78 Å². The molecule has 1 aliphatic heterocycles. The van der Waals surface area contributed by atoms with Crippen molar-refractivity contribution in [1.29, 1.82) is 0 Å². The van der Waals surface area contributed by atoms with Crippen LogP contribution in [0.15, 0.2) is 60.7 Å². The van der Waals surface area contributed by atoms with E-state index >= 15 is 0 Å².